The zero-order valence-corrected chi connectivity index (χ0v) is 18.7. The number of hydrogen-bond acceptors (Lipinski definition) is 8. The minimum Gasteiger partial charge on any atom is -0.497 e. The van der Waals surface area contributed by atoms with Crippen LogP contribution >= 0.6 is 24.6 Å². The van der Waals surface area contributed by atoms with Gasteiger partial charge in [0.05, 0.1) is 25.2 Å². The number of methoxy groups -OCH3 is 1. The van der Waals surface area contributed by atoms with E-state index in [9.17, 15) is 0 Å². The number of benzene rings is 1. The monoisotopic (exact) mass is 451 g/mol. The average Bonchev–Trinajstić information content (AvgIpc) is 3.44. The number of nitrogens with one attached hydrogen (secondary N) is 2. The number of fused-ring (bicyclic) bond motifs is 1. The van der Waals surface area contributed by atoms with Gasteiger partial charge >= 0.3 is 0 Å². The molecule has 3 aromatic heterocycles. The van der Waals surface area contributed by atoms with Crippen LogP contribution in [0.4, 0.5) is 5.82 Å². The lowest BCUT2D eigenvalue weighted by Gasteiger charge is -2.12. The van der Waals surface area contributed by atoms with Gasteiger partial charge in [0, 0.05) is 40.7 Å². The number of anilines is 1. The summed E-state index contributed by atoms with van der Waals surface area (Å²) in [5.41, 5.74) is 4.13. The standard InChI is InChI=1S/C21H21N7OS2/c1-13(8-14(2)27-30)25-20-21-22-11-18(15-9-23-24-10-15)28(21)12-19(26-20)31-17-6-4-16(29-3)5-7-17/h4-7,9-12,30H,1,8H2,2-3H3,(H,23,24)(H,25,26). The molecule has 4 aromatic rings. The SMILES string of the molecule is C=C(CC(C)=NS)Nc1nc(Sc2ccc(OC)cc2)cn2c(-c3cn[nH]c3)cnc12. The smallest absolute Gasteiger partial charge is 0.181 e. The molecule has 10 heteroatoms. The summed E-state index contributed by atoms with van der Waals surface area (Å²) in [5.74, 6) is 1.43. The number of hydrogen-bond donors (Lipinski definition) is 3. The molecule has 0 unspecified atom stereocenters. The fourth-order valence-corrected chi connectivity index (χ4v) is 3.90. The molecule has 0 saturated carbocycles. The van der Waals surface area contributed by atoms with Crippen molar-refractivity contribution in [3.8, 4) is 17.0 Å². The lowest BCUT2D eigenvalue weighted by atomic mass is 10.2. The van der Waals surface area contributed by atoms with Crippen LogP contribution in [0.5, 0.6) is 5.75 Å². The van der Waals surface area contributed by atoms with Crippen molar-refractivity contribution in [3.63, 3.8) is 0 Å². The first-order chi connectivity index (χ1) is 15.1. The van der Waals surface area contributed by atoms with Gasteiger partial charge in [-0.1, -0.05) is 18.3 Å². The van der Waals surface area contributed by atoms with E-state index in [0.717, 1.165) is 38.3 Å². The van der Waals surface area contributed by atoms with E-state index >= 15 is 0 Å². The van der Waals surface area contributed by atoms with Crippen LogP contribution in [0.2, 0.25) is 0 Å². The zero-order valence-electron chi connectivity index (χ0n) is 17.0. The first kappa shape index (κ1) is 21.0. The highest BCUT2D eigenvalue weighted by molar-refractivity contribution is 7.99. The van der Waals surface area contributed by atoms with Crippen LogP contribution in [0.15, 0.2) is 75.6 Å². The number of thiol groups is 1. The number of aromatic nitrogens is 5. The fraction of sp³-hybridized carbons (Fsp3) is 0.143. The molecule has 0 aliphatic rings. The first-order valence-electron chi connectivity index (χ1n) is 9.39. The van der Waals surface area contributed by atoms with Gasteiger partial charge in [0.25, 0.3) is 0 Å². The number of aromatic amines is 1. The largest absolute Gasteiger partial charge is 0.497 e. The highest BCUT2D eigenvalue weighted by Crippen LogP contribution is 2.32. The Balaban J connectivity index is 1.74. The lowest BCUT2D eigenvalue weighted by Crippen LogP contribution is -2.07. The van der Waals surface area contributed by atoms with Gasteiger partial charge in [-0.15, -0.1) is 0 Å². The molecule has 1 aromatic carbocycles. The summed E-state index contributed by atoms with van der Waals surface area (Å²) in [6.07, 6.45) is 7.92. The van der Waals surface area contributed by atoms with Gasteiger partial charge in [-0.05, 0) is 44.0 Å². The molecule has 0 atom stereocenters. The summed E-state index contributed by atoms with van der Waals surface area (Å²) < 4.78 is 11.1. The van der Waals surface area contributed by atoms with E-state index in [-0.39, 0.29) is 0 Å². The molecule has 8 nitrogen and oxygen atoms in total. The van der Waals surface area contributed by atoms with Crippen molar-refractivity contribution in [2.75, 3.05) is 12.4 Å². The zero-order chi connectivity index (χ0) is 21.8. The second-order valence-electron chi connectivity index (χ2n) is 6.77. The molecule has 2 N–H and O–H groups in total. The Hall–Kier alpha value is -3.24. The van der Waals surface area contributed by atoms with Crippen molar-refractivity contribution in [3.05, 3.63) is 61.3 Å². The van der Waals surface area contributed by atoms with Gasteiger partial charge in [0.2, 0.25) is 0 Å². The lowest BCUT2D eigenvalue weighted by molar-refractivity contribution is 0.414. The molecule has 0 fully saturated rings. The second-order valence-corrected chi connectivity index (χ2v) is 8.06. The molecule has 3 heterocycles. The first-order valence-corrected chi connectivity index (χ1v) is 10.6. The molecular weight excluding hydrogens is 430 g/mol. The van der Waals surface area contributed by atoms with Crippen molar-refractivity contribution >= 4 is 41.8 Å². The van der Waals surface area contributed by atoms with Gasteiger partial charge in [-0.25, -0.2) is 14.4 Å². The Kier molecular flexibility index (Phi) is 6.28. The third-order valence-electron chi connectivity index (χ3n) is 4.48. The Morgan fingerprint density at radius 3 is 2.81 bits per heavy atom. The van der Waals surface area contributed by atoms with Gasteiger partial charge in [0.15, 0.2) is 11.5 Å². The van der Waals surface area contributed by atoms with Crippen LogP contribution in [0, 0.1) is 0 Å². The summed E-state index contributed by atoms with van der Waals surface area (Å²) in [5, 5.41) is 11.0. The molecule has 0 spiro atoms. The predicted molar refractivity (Wildman–Crippen MR) is 127 cm³/mol. The van der Waals surface area contributed by atoms with E-state index in [1.807, 2.05) is 48.0 Å². The fourth-order valence-electron chi connectivity index (χ4n) is 3.02. The normalized spacial score (nSPS) is 11.6. The van der Waals surface area contributed by atoms with E-state index in [0.29, 0.717) is 17.9 Å². The highest BCUT2D eigenvalue weighted by atomic mass is 32.2. The van der Waals surface area contributed by atoms with E-state index in [2.05, 4.69) is 44.3 Å². The van der Waals surface area contributed by atoms with E-state index in [4.69, 9.17) is 9.72 Å². The maximum atomic E-state index is 5.25. The number of allylic oxidation sites excluding steroid dienone is 1. The minimum atomic E-state index is 0.558. The second kappa shape index (κ2) is 9.27. The molecule has 0 amide bonds. The third-order valence-corrected chi connectivity index (χ3v) is 5.74. The summed E-state index contributed by atoms with van der Waals surface area (Å²) >= 11 is 5.51. The topological polar surface area (TPSA) is 92.5 Å². The van der Waals surface area contributed by atoms with Crippen molar-refractivity contribution in [2.45, 2.75) is 23.3 Å². The van der Waals surface area contributed by atoms with Crippen LogP contribution in [-0.2, 0) is 0 Å². The number of ether oxygens (including phenoxy) is 1. The summed E-state index contributed by atoms with van der Waals surface area (Å²) in [6.45, 7) is 5.99. The van der Waals surface area contributed by atoms with E-state index in [1.165, 1.54) is 0 Å². The van der Waals surface area contributed by atoms with Gasteiger partial charge in [0.1, 0.15) is 10.8 Å². The van der Waals surface area contributed by atoms with Gasteiger partial charge in [-0.3, -0.25) is 9.50 Å². The molecular formula is C21H21N7OS2. The van der Waals surface area contributed by atoms with E-state index < -0.39 is 0 Å². The molecule has 4 rings (SSSR count). The van der Waals surface area contributed by atoms with Crippen molar-refractivity contribution < 1.29 is 4.74 Å². The Labute approximate surface area is 189 Å². The van der Waals surface area contributed by atoms with Crippen LogP contribution in [0.1, 0.15) is 13.3 Å². The molecule has 0 saturated heterocycles. The van der Waals surface area contributed by atoms with Crippen molar-refractivity contribution in [1.29, 1.82) is 0 Å². The molecule has 0 radical (unpaired) electrons. The molecule has 0 aliphatic heterocycles. The van der Waals surface area contributed by atoms with Crippen molar-refractivity contribution in [1.82, 2.24) is 24.6 Å². The van der Waals surface area contributed by atoms with Crippen LogP contribution in [-0.4, -0.2) is 37.4 Å². The van der Waals surface area contributed by atoms with Crippen molar-refractivity contribution in [2.24, 2.45) is 4.40 Å². The third kappa shape index (κ3) is 4.75. The minimum absolute atomic E-state index is 0.558. The number of rotatable bonds is 8. The molecule has 31 heavy (non-hydrogen) atoms. The average molecular weight is 452 g/mol. The summed E-state index contributed by atoms with van der Waals surface area (Å²) in [7, 11) is 1.65. The summed E-state index contributed by atoms with van der Waals surface area (Å²) in [4.78, 5) is 10.4. The number of nitrogens with zero attached hydrogens (tertiary/aromatic N) is 5. The Bertz CT molecular complexity index is 1230. The quantitative estimate of drug-likeness (QED) is 0.261. The maximum Gasteiger partial charge on any atom is 0.181 e. The Morgan fingerprint density at radius 2 is 2.13 bits per heavy atom. The Morgan fingerprint density at radius 1 is 1.32 bits per heavy atom. The summed E-state index contributed by atoms with van der Waals surface area (Å²) in [6, 6.07) is 7.85. The molecule has 158 valence electrons. The number of H-pyrrole nitrogens is 1. The van der Waals surface area contributed by atoms with Gasteiger partial charge < -0.3 is 10.1 Å². The molecule has 0 bridgehead atoms. The van der Waals surface area contributed by atoms with E-state index in [1.54, 1.807) is 31.3 Å². The predicted octanol–water partition coefficient (Wildman–Crippen LogP) is 4.90. The maximum absolute atomic E-state index is 5.25. The van der Waals surface area contributed by atoms with Crippen LogP contribution in [0.3, 0.4) is 0 Å². The van der Waals surface area contributed by atoms with Gasteiger partial charge in [-0.2, -0.15) is 5.10 Å². The van der Waals surface area contributed by atoms with Crippen LogP contribution < -0.4 is 10.1 Å². The highest BCUT2D eigenvalue weighted by Gasteiger charge is 2.15. The van der Waals surface area contributed by atoms with Crippen LogP contribution in [0.25, 0.3) is 16.9 Å². The number of imidazole rings is 1. The molecule has 0 aliphatic carbocycles.